The number of unbranched alkanes of at least 4 members (excludes halogenated alkanes) is 9. The van der Waals surface area contributed by atoms with Gasteiger partial charge in [-0.15, -0.1) is 0 Å². The van der Waals surface area contributed by atoms with Gasteiger partial charge in [0.15, 0.2) is 0 Å². The van der Waals surface area contributed by atoms with Crippen molar-refractivity contribution in [1.82, 2.24) is 0 Å². The van der Waals surface area contributed by atoms with Gasteiger partial charge in [-0.25, -0.2) is 0 Å². The molecule has 0 aromatic carbocycles. The molecule has 1 heteroatoms. The predicted molar refractivity (Wildman–Crippen MR) is 86.5 cm³/mol. The second-order valence-electron chi connectivity index (χ2n) is 6.26. The van der Waals surface area contributed by atoms with Crippen LogP contribution in [0, 0.1) is 5.92 Å². The Kier molecular flexibility index (Phi) is 14.3. The van der Waals surface area contributed by atoms with Crippen molar-refractivity contribution in [2.45, 2.75) is 110 Å². The molecule has 0 saturated carbocycles. The van der Waals surface area contributed by atoms with Crippen molar-refractivity contribution in [2.24, 2.45) is 5.92 Å². The highest BCUT2D eigenvalue weighted by Crippen LogP contribution is 2.20. The van der Waals surface area contributed by atoms with Gasteiger partial charge in [0.05, 0.1) is 6.10 Å². The minimum absolute atomic E-state index is 0.112. The topological polar surface area (TPSA) is 20.2 Å². The first kappa shape index (κ1) is 19.0. The molecule has 0 aliphatic carbocycles. The summed E-state index contributed by atoms with van der Waals surface area (Å²) in [4.78, 5) is 0. The van der Waals surface area contributed by atoms with Gasteiger partial charge in [-0.05, 0) is 25.7 Å². The normalized spacial score (nSPS) is 14.5. The lowest BCUT2D eigenvalue weighted by Gasteiger charge is -2.18. The zero-order chi connectivity index (χ0) is 14.3. The van der Waals surface area contributed by atoms with E-state index in [0.717, 1.165) is 0 Å². The molecule has 0 radical (unpaired) electrons. The summed E-state index contributed by atoms with van der Waals surface area (Å²) in [5, 5.41) is 9.69. The Bertz CT molecular complexity index is 165. The average molecular weight is 271 g/mol. The van der Waals surface area contributed by atoms with Gasteiger partial charge in [0.25, 0.3) is 0 Å². The number of aliphatic hydroxyl groups is 1. The lowest BCUT2D eigenvalue weighted by Crippen LogP contribution is -2.16. The maximum atomic E-state index is 9.69. The van der Waals surface area contributed by atoms with Crippen molar-refractivity contribution in [3.8, 4) is 0 Å². The van der Waals surface area contributed by atoms with E-state index in [2.05, 4.69) is 13.8 Å². The third kappa shape index (κ3) is 12.7. The third-order valence-electron chi connectivity index (χ3n) is 4.27. The van der Waals surface area contributed by atoms with Gasteiger partial charge in [-0.3, -0.25) is 0 Å². The fraction of sp³-hybridized carbons (Fsp3) is 1.00. The molecule has 0 fully saturated rings. The Morgan fingerprint density at radius 1 is 0.632 bits per heavy atom. The van der Waals surface area contributed by atoms with Crippen LogP contribution in [0.5, 0.6) is 0 Å². The lowest BCUT2D eigenvalue weighted by atomic mass is 9.92. The molecule has 0 rings (SSSR count). The standard InChI is InChI=1S/C18H38O/c1-4-6-7-8-9-10-11-12-13-14-16-18(15-5-2)17(3)19/h17-19H,4-16H2,1-3H3. The van der Waals surface area contributed by atoms with Gasteiger partial charge < -0.3 is 5.11 Å². The van der Waals surface area contributed by atoms with Crippen LogP contribution in [0.4, 0.5) is 0 Å². The Labute approximate surface area is 122 Å². The van der Waals surface area contributed by atoms with Gasteiger partial charge in [0.1, 0.15) is 0 Å². The molecule has 2 atom stereocenters. The van der Waals surface area contributed by atoms with Crippen LogP contribution in [0.25, 0.3) is 0 Å². The smallest absolute Gasteiger partial charge is 0.0540 e. The summed E-state index contributed by atoms with van der Waals surface area (Å²) in [5.74, 6) is 0.541. The molecule has 19 heavy (non-hydrogen) atoms. The number of hydrogen-bond acceptors (Lipinski definition) is 1. The molecular formula is C18H38O. The van der Waals surface area contributed by atoms with E-state index >= 15 is 0 Å². The van der Waals surface area contributed by atoms with Crippen LogP contribution < -0.4 is 0 Å². The van der Waals surface area contributed by atoms with Crippen LogP contribution in [0.1, 0.15) is 104 Å². The van der Waals surface area contributed by atoms with Crippen molar-refractivity contribution in [1.29, 1.82) is 0 Å². The second kappa shape index (κ2) is 14.4. The Morgan fingerprint density at radius 3 is 1.53 bits per heavy atom. The highest BCUT2D eigenvalue weighted by atomic mass is 16.3. The van der Waals surface area contributed by atoms with Crippen LogP contribution in [0.2, 0.25) is 0 Å². The quantitative estimate of drug-likeness (QED) is 0.378. The van der Waals surface area contributed by atoms with Gasteiger partial charge in [-0.1, -0.05) is 84.5 Å². The summed E-state index contributed by atoms with van der Waals surface area (Å²) in [6.45, 7) is 6.45. The molecule has 0 saturated heterocycles. The van der Waals surface area contributed by atoms with Gasteiger partial charge >= 0.3 is 0 Å². The predicted octanol–water partition coefficient (Wildman–Crippen LogP) is 6.09. The van der Waals surface area contributed by atoms with Crippen LogP contribution in [0.3, 0.4) is 0 Å². The minimum Gasteiger partial charge on any atom is -0.393 e. The van der Waals surface area contributed by atoms with Crippen LogP contribution in [-0.2, 0) is 0 Å². The van der Waals surface area contributed by atoms with Gasteiger partial charge in [0.2, 0.25) is 0 Å². The first-order valence-corrected chi connectivity index (χ1v) is 8.90. The molecule has 0 aromatic rings. The number of hydrogen-bond donors (Lipinski definition) is 1. The SMILES string of the molecule is CCCCCCCCCCCCC(CCC)C(C)O. The summed E-state index contributed by atoms with van der Waals surface area (Å²) >= 11 is 0. The van der Waals surface area contributed by atoms with Gasteiger partial charge in [0, 0.05) is 0 Å². The highest BCUT2D eigenvalue weighted by Gasteiger charge is 2.12. The van der Waals surface area contributed by atoms with E-state index in [-0.39, 0.29) is 6.10 Å². The number of aliphatic hydroxyl groups excluding tert-OH is 1. The average Bonchev–Trinajstić information content (AvgIpc) is 2.39. The maximum absolute atomic E-state index is 9.69. The summed E-state index contributed by atoms with van der Waals surface area (Å²) < 4.78 is 0. The van der Waals surface area contributed by atoms with Gasteiger partial charge in [-0.2, -0.15) is 0 Å². The Balaban J connectivity index is 3.25. The van der Waals surface area contributed by atoms with Crippen molar-refractivity contribution in [2.75, 3.05) is 0 Å². The van der Waals surface area contributed by atoms with Crippen molar-refractivity contribution in [3.05, 3.63) is 0 Å². The van der Waals surface area contributed by atoms with E-state index in [1.165, 1.54) is 83.5 Å². The second-order valence-corrected chi connectivity index (χ2v) is 6.26. The molecule has 0 aromatic heterocycles. The Morgan fingerprint density at radius 2 is 1.11 bits per heavy atom. The van der Waals surface area contributed by atoms with E-state index in [4.69, 9.17) is 0 Å². The molecule has 0 bridgehead atoms. The van der Waals surface area contributed by atoms with E-state index in [9.17, 15) is 5.11 Å². The molecule has 2 unspecified atom stereocenters. The molecule has 0 aliphatic rings. The van der Waals surface area contributed by atoms with Crippen molar-refractivity contribution in [3.63, 3.8) is 0 Å². The zero-order valence-corrected chi connectivity index (χ0v) is 13.8. The molecule has 0 aliphatic heterocycles. The first-order valence-electron chi connectivity index (χ1n) is 8.90. The molecule has 1 N–H and O–H groups in total. The molecule has 0 amide bonds. The summed E-state index contributed by atoms with van der Waals surface area (Å²) in [6.07, 6.45) is 17.5. The largest absolute Gasteiger partial charge is 0.393 e. The van der Waals surface area contributed by atoms with Crippen LogP contribution >= 0.6 is 0 Å². The third-order valence-corrected chi connectivity index (χ3v) is 4.27. The fourth-order valence-corrected chi connectivity index (χ4v) is 2.89. The number of rotatable bonds is 14. The maximum Gasteiger partial charge on any atom is 0.0540 e. The van der Waals surface area contributed by atoms with Crippen LogP contribution in [0.15, 0.2) is 0 Å². The lowest BCUT2D eigenvalue weighted by molar-refractivity contribution is 0.112. The summed E-state index contributed by atoms with van der Waals surface area (Å²) in [6, 6.07) is 0. The summed E-state index contributed by atoms with van der Waals surface area (Å²) in [5.41, 5.74) is 0. The molecular weight excluding hydrogens is 232 g/mol. The molecule has 116 valence electrons. The summed E-state index contributed by atoms with van der Waals surface area (Å²) in [7, 11) is 0. The molecule has 0 spiro atoms. The fourth-order valence-electron chi connectivity index (χ4n) is 2.89. The minimum atomic E-state index is -0.112. The first-order chi connectivity index (χ1) is 9.22. The van der Waals surface area contributed by atoms with Crippen LogP contribution in [-0.4, -0.2) is 11.2 Å². The zero-order valence-electron chi connectivity index (χ0n) is 13.8. The van der Waals surface area contributed by atoms with Crippen molar-refractivity contribution < 1.29 is 5.11 Å². The Hall–Kier alpha value is -0.0400. The monoisotopic (exact) mass is 270 g/mol. The van der Waals surface area contributed by atoms with E-state index in [1.807, 2.05) is 6.92 Å². The van der Waals surface area contributed by atoms with E-state index < -0.39 is 0 Å². The van der Waals surface area contributed by atoms with Crippen molar-refractivity contribution >= 4 is 0 Å². The molecule has 1 nitrogen and oxygen atoms in total. The van der Waals surface area contributed by atoms with E-state index in [0.29, 0.717) is 5.92 Å². The highest BCUT2D eigenvalue weighted by molar-refractivity contribution is 4.64. The van der Waals surface area contributed by atoms with E-state index in [1.54, 1.807) is 0 Å². The molecule has 0 heterocycles.